The van der Waals surface area contributed by atoms with Crippen molar-refractivity contribution in [1.29, 1.82) is 0 Å². The summed E-state index contributed by atoms with van der Waals surface area (Å²) in [5.41, 5.74) is 13.1. The smallest absolute Gasteiger partial charge is 0.191 e. The molecule has 0 radical (unpaired) electrons. The fourth-order valence-corrected chi connectivity index (χ4v) is 1.96. The number of nitrogens with zero attached hydrogens (tertiary/aromatic N) is 3. The number of amidine groups is 1. The van der Waals surface area contributed by atoms with E-state index in [0.29, 0.717) is 23.7 Å². The molecule has 0 saturated heterocycles. The van der Waals surface area contributed by atoms with Crippen LogP contribution in [0.25, 0.3) is 11.4 Å². The van der Waals surface area contributed by atoms with Gasteiger partial charge < -0.3 is 15.6 Å². The van der Waals surface area contributed by atoms with Crippen molar-refractivity contribution in [3.63, 3.8) is 0 Å². The van der Waals surface area contributed by atoms with Gasteiger partial charge in [0.25, 0.3) is 0 Å². The number of aromatic nitrogens is 2. The lowest BCUT2D eigenvalue weighted by molar-refractivity contribution is 0.318. The second-order valence-electron chi connectivity index (χ2n) is 4.51. The van der Waals surface area contributed by atoms with Gasteiger partial charge in [-0.2, -0.15) is 0 Å². The highest BCUT2D eigenvalue weighted by Crippen LogP contribution is 2.19. The van der Waals surface area contributed by atoms with E-state index in [1.54, 1.807) is 24.5 Å². The van der Waals surface area contributed by atoms with Gasteiger partial charge in [0, 0.05) is 18.5 Å². The summed E-state index contributed by atoms with van der Waals surface area (Å²) in [6.07, 6.45) is 5.34. The Kier molecular flexibility index (Phi) is 2.96. The highest BCUT2D eigenvalue weighted by atomic mass is 16.5. The van der Waals surface area contributed by atoms with Crippen LogP contribution in [0.1, 0.15) is 5.76 Å². The summed E-state index contributed by atoms with van der Waals surface area (Å²) in [6, 6.07) is 7.38. The van der Waals surface area contributed by atoms with E-state index in [4.69, 9.17) is 16.0 Å². The minimum atomic E-state index is -1.01. The highest BCUT2D eigenvalue weighted by molar-refractivity contribution is 5.92. The zero-order chi connectivity index (χ0) is 14.0. The summed E-state index contributed by atoms with van der Waals surface area (Å²) >= 11 is 0. The van der Waals surface area contributed by atoms with E-state index in [0.717, 1.165) is 5.69 Å². The summed E-state index contributed by atoms with van der Waals surface area (Å²) in [5.74, 6) is -0.0389. The van der Waals surface area contributed by atoms with Crippen molar-refractivity contribution < 1.29 is 4.52 Å². The van der Waals surface area contributed by atoms with E-state index in [1.807, 2.05) is 18.2 Å². The average molecular weight is 270 g/mol. The molecular weight excluding hydrogens is 256 g/mol. The van der Waals surface area contributed by atoms with Crippen LogP contribution in [0.5, 0.6) is 0 Å². The lowest BCUT2D eigenvalue weighted by Gasteiger charge is -2.27. The first-order chi connectivity index (χ1) is 9.65. The number of pyridine rings is 1. The van der Waals surface area contributed by atoms with Crippen LogP contribution in [-0.4, -0.2) is 21.8 Å². The first-order valence-electron chi connectivity index (χ1n) is 6.10. The van der Waals surface area contributed by atoms with Gasteiger partial charge in [0.2, 0.25) is 0 Å². The van der Waals surface area contributed by atoms with Crippen molar-refractivity contribution in [2.24, 2.45) is 16.5 Å². The van der Waals surface area contributed by atoms with Crippen molar-refractivity contribution in [2.75, 3.05) is 0 Å². The standard InChI is InChI=1S/C13H14N6O/c14-12-4-6-17-13(15,18-12)8-9-7-11(19-20-9)10-3-1-2-5-16-10/h1-7,17H,8,15H2,(H2,14,18). The second-order valence-corrected chi connectivity index (χ2v) is 4.51. The maximum absolute atomic E-state index is 6.10. The van der Waals surface area contributed by atoms with Gasteiger partial charge in [-0.1, -0.05) is 11.2 Å². The molecule has 5 N–H and O–H groups in total. The van der Waals surface area contributed by atoms with Crippen LogP contribution in [-0.2, 0) is 6.42 Å². The van der Waals surface area contributed by atoms with Crippen LogP contribution in [0.4, 0.5) is 0 Å². The largest absolute Gasteiger partial charge is 0.384 e. The second kappa shape index (κ2) is 4.78. The van der Waals surface area contributed by atoms with Crippen molar-refractivity contribution in [1.82, 2.24) is 15.5 Å². The third-order valence-corrected chi connectivity index (χ3v) is 2.85. The topological polar surface area (TPSA) is 115 Å². The zero-order valence-corrected chi connectivity index (χ0v) is 10.7. The van der Waals surface area contributed by atoms with Crippen molar-refractivity contribution in [3.05, 3.63) is 48.5 Å². The predicted molar refractivity (Wildman–Crippen MR) is 74.3 cm³/mol. The van der Waals surface area contributed by atoms with Gasteiger partial charge in [-0.25, -0.2) is 4.99 Å². The first kappa shape index (κ1) is 12.4. The predicted octanol–water partition coefficient (Wildman–Crippen LogP) is 0.366. The maximum Gasteiger partial charge on any atom is 0.191 e. The molecule has 0 aromatic carbocycles. The fraction of sp³-hybridized carbons (Fsp3) is 0.154. The highest BCUT2D eigenvalue weighted by Gasteiger charge is 2.27. The Morgan fingerprint density at radius 2 is 2.20 bits per heavy atom. The number of nitrogens with two attached hydrogens (primary N) is 2. The molecule has 1 aliphatic heterocycles. The molecule has 0 bridgehead atoms. The summed E-state index contributed by atoms with van der Waals surface area (Å²) in [4.78, 5) is 8.37. The maximum atomic E-state index is 6.10. The molecule has 7 heteroatoms. The first-order valence-corrected chi connectivity index (χ1v) is 6.10. The van der Waals surface area contributed by atoms with Gasteiger partial charge >= 0.3 is 0 Å². The number of aliphatic imine (C=N–C) groups is 1. The van der Waals surface area contributed by atoms with E-state index in [9.17, 15) is 0 Å². The Morgan fingerprint density at radius 3 is 2.95 bits per heavy atom. The molecule has 0 aliphatic carbocycles. The summed E-state index contributed by atoms with van der Waals surface area (Å²) in [6.45, 7) is 0. The molecule has 0 spiro atoms. The minimum Gasteiger partial charge on any atom is -0.384 e. The zero-order valence-electron chi connectivity index (χ0n) is 10.7. The molecule has 3 heterocycles. The number of nitrogens with one attached hydrogen (secondary N) is 1. The van der Waals surface area contributed by atoms with Gasteiger partial charge in [0.15, 0.2) is 5.79 Å². The summed E-state index contributed by atoms with van der Waals surface area (Å²) in [7, 11) is 0. The number of hydrogen-bond acceptors (Lipinski definition) is 7. The Labute approximate surface area is 115 Å². The van der Waals surface area contributed by atoms with Gasteiger partial charge in [-0.15, -0.1) is 0 Å². The lowest BCUT2D eigenvalue weighted by Crippen LogP contribution is -2.54. The Balaban J connectivity index is 1.80. The molecular formula is C13H14N6O. The van der Waals surface area contributed by atoms with E-state index < -0.39 is 5.79 Å². The van der Waals surface area contributed by atoms with E-state index in [1.165, 1.54) is 0 Å². The van der Waals surface area contributed by atoms with Crippen molar-refractivity contribution >= 4 is 5.84 Å². The Morgan fingerprint density at radius 1 is 1.30 bits per heavy atom. The molecule has 0 amide bonds. The third kappa shape index (κ3) is 2.52. The van der Waals surface area contributed by atoms with Crippen LogP contribution < -0.4 is 16.8 Å². The molecule has 3 rings (SSSR count). The van der Waals surface area contributed by atoms with Crippen LogP contribution in [0.2, 0.25) is 0 Å². The van der Waals surface area contributed by atoms with E-state index in [-0.39, 0.29) is 0 Å². The van der Waals surface area contributed by atoms with Crippen LogP contribution in [0.15, 0.2) is 52.3 Å². The molecule has 1 unspecified atom stereocenters. The van der Waals surface area contributed by atoms with Gasteiger partial charge in [0.05, 0.1) is 12.1 Å². The molecule has 2 aromatic heterocycles. The number of rotatable bonds is 3. The van der Waals surface area contributed by atoms with Crippen molar-refractivity contribution in [2.45, 2.75) is 12.2 Å². The van der Waals surface area contributed by atoms with Gasteiger partial charge in [-0.3, -0.25) is 10.7 Å². The average Bonchev–Trinajstić information content (AvgIpc) is 2.87. The van der Waals surface area contributed by atoms with Crippen LogP contribution in [0, 0.1) is 0 Å². The van der Waals surface area contributed by atoms with Crippen LogP contribution >= 0.6 is 0 Å². The number of hydrogen-bond donors (Lipinski definition) is 3. The molecule has 0 saturated carbocycles. The van der Waals surface area contributed by atoms with E-state index in [2.05, 4.69) is 20.4 Å². The Bertz CT molecular complexity index is 663. The third-order valence-electron chi connectivity index (χ3n) is 2.85. The fourth-order valence-electron chi connectivity index (χ4n) is 1.96. The summed E-state index contributed by atoms with van der Waals surface area (Å²) in [5, 5.41) is 6.93. The molecule has 1 aliphatic rings. The molecule has 2 aromatic rings. The van der Waals surface area contributed by atoms with Gasteiger partial charge in [-0.05, 0) is 18.2 Å². The minimum absolute atomic E-state index is 0.331. The molecule has 1 atom stereocenters. The lowest BCUT2D eigenvalue weighted by atomic mass is 10.1. The quantitative estimate of drug-likeness (QED) is 0.742. The molecule has 20 heavy (non-hydrogen) atoms. The van der Waals surface area contributed by atoms with Crippen LogP contribution in [0.3, 0.4) is 0 Å². The molecule has 102 valence electrons. The molecule has 0 fully saturated rings. The van der Waals surface area contributed by atoms with Gasteiger partial charge in [0.1, 0.15) is 17.3 Å². The Hall–Kier alpha value is -2.67. The van der Waals surface area contributed by atoms with Crippen molar-refractivity contribution in [3.8, 4) is 11.4 Å². The molecule has 7 nitrogen and oxygen atoms in total. The SMILES string of the molecule is NC1=NC(N)(Cc2cc(-c3ccccn3)no2)NC=C1. The monoisotopic (exact) mass is 270 g/mol. The normalized spacial score (nSPS) is 21.4. The summed E-state index contributed by atoms with van der Waals surface area (Å²) < 4.78 is 5.28. The van der Waals surface area contributed by atoms with E-state index >= 15 is 0 Å².